The number of halogens is 1. The highest BCUT2D eigenvalue weighted by Crippen LogP contribution is 2.31. The van der Waals surface area contributed by atoms with E-state index in [2.05, 4.69) is 40.6 Å². The van der Waals surface area contributed by atoms with E-state index in [0.717, 1.165) is 30.2 Å². The summed E-state index contributed by atoms with van der Waals surface area (Å²) in [4.78, 5) is 4.16. The molecule has 0 saturated heterocycles. The third kappa shape index (κ3) is 4.98. The summed E-state index contributed by atoms with van der Waals surface area (Å²) in [6, 6.07) is 16.5. The summed E-state index contributed by atoms with van der Waals surface area (Å²) < 4.78 is 5.35. The molecule has 1 unspecified atom stereocenters. The molecule has 2 aromatic carbocycles. The van der Waals surface area contributed by atoms with E-state index in [-0.39, 0.29) is 12.4 Å². The standard InChI is InChI=1S/C24H27N3O2.ClH/c1-17(26-15-18-9-10-20-16-25-13-11-19(20)14-18)6-5-12-24(2,28)23-21-7-3-4-8-22(21)29-27-23;/h3-4,7-11,13-14,16-17,26,28H,5-6,12,15H2,1-2H3;1H/t17-,24?;/m1./s1. The average molecular weight is 426 g/mol. The Labute approximate surface area is 182 Å². The second-order valence-corrected chi connectivity index (χ2v) is 8.03. The van der Waals surface area contributed by atoms with Crippen molar-refractivity contribution in [3.63, 3.8) is 0 Å². The van der Waals surface area contributed by atoms with Crippen LogP contribution in [0.2, 0.25) is 0 Å². The van der Waals surface area contributed by atoms with Crippen LogP contribution in [0.15, 0.2) is 65.4 Å². The molecule has 2 heterocycles. The van der Waals surface area contributed by atoms with E-state index in [0.29, 0.717) is 23.7 Å². The van der Waals surface area contributed by atoms with Crippen LogP contribution >= 0.6 is 12.4 Å². The van der Waals surface area contributed by atoms with Crippen LogP contribution in [0.3, 0.4) is 0 Å². The summed E-state index contributed by atoms with van der Waals surface area (Å²) in [6.45, 7) is 4.83. The first-order valence-corrected chi connectivity index (χ1v) is 10.2. The SMILES string of the molecule is C[C@H](CCCC(C)(O)c1noc2ccccc12)NCc1ccc2cnccc2c1.Cl. The first-order valence-electron chi connectivity index (χ1n) is 10.2. The van der Waals surface area contributed by atoms with Gasteiger partial charge in [-0.3, -0.25) is 4.98 Å². The molecule has 0 bridgehead atoms. The number of rotatable bonds is 8. The second kappa shape index (κ2) is 9.56. The van der Waals surface area contributed by atoms with Gasteiger partial charge in [-0.1, -0.05) is 29.4 Å². The summed E-state index contributed by atoms with van der Waals surface area (Å²) >= 11 is 0. The number of nitrogens with zero attached hydrogens (tertiary/aromatic N) is 2. The Morgan fingerprint density at radius 2 is 1.97 bits per heavy atom. The van der Waals surface area contributed by atoms with Gasteiger partial charge in [-0.15, -0.1) is 12.4 Å². The molecule has 30 heavy (non-hydrogen) atoms. The highest BCUT2D eigenvalue weighted by molar-refractivity contribution is 5.85. The van der Waals surface area contributed by atoms with Crippen molar-refractivity contribution < 1.29 is 9.63 Å². The van der Waals surface area contributed by atoms with Crippen LogP contribution < -0.4 is 5.32 Å². The summed E-state index contributed by atoms with van der Waals surface area (Å²) in [5, 5.41) is 21.9. The molecular weight excluding hydrogens is 398 g/mol. The monoisotopic (exact) mass is 425 g/mol. The van der Waals surface area contributed by atoms with Crippen LogP contribution in [0.5, 0.6) is 0 Å². The first kappa shape index (κ1) is 22.2. The molecule has 4 rings (SSSR count). The van der Waals surface area contributed by atoms with E-state index in [9.17, 15) is 5.11 Å². The number of hydrogen-bond acceptors (Lipinski definition) is 5. The van der Waals surface area contributed by atoms with Crippen LogP contribution in [0.25, 0.3) is 21.7 Å². The van der Waals surface area contributed by atoms with Gasteiger partial charge in [0.05, 0.1) is 0 Å². The average Bonchev–Trinajstić information content (AvgIpc) is 3.17. The number of benzene rings is 2. The summed E-state index contributed by atoms with van der Waals surface area (Å²) in [5.41, 5.74) is 1.60. The van der Waals surface area contributed by atoms with Crippen molar-refractivity contribution in [3.8, 4) is 0 Å². The molecule has 0 amide bonds. The van der Waals surface area contributed by atoms with E-state index >= 15 is 0 Å². The van der Waals surface area contributed by atoms with Crippen LogP contribution in [0.1, 0.15) is 44.4 Å². The van der Waals surface area contributed by atoms with Crippen molar-refractivity contribution in [2.45, 2.75) is 51.3 Å². The first-order chi connectivity index (χ1) is 14.0. The Balaban J connectivity index is 0.00000256. The number of fused-ring (bicyclic) bond motifs is 2. The van der Waals surface area contributed by atoms with Gasteiger partial charge in [0.2, 0.25) is 0 Å². The number of hydrogen-bond donors (Lipinski definition) is 2. The Morgan fingerprint density at radius 1 is 1.13 bits per heavy atom. The fraction of sp³-hybridized carbons (Fsp3) is 0.333. The fourth-order valence-electron chi connectivity index (χ4n) is 3.78. The van der Waals surface area contributed by atoms with Crippen molar-refractivity contribution in [1.82, 2.24) is 15.5 Å². The van der Waals surface area contributed by atoms with Crippen LogP contribution in [-0.2, 0) is 12.1 Å². The van der Waals surface area contributed by atoms with Gasteiger partial charge in [0.1, 0.15) is 11.3 Å². The maximum Gasteiger partial charge on any atom is 0.167 e. The molecule has 158 valence electrons. The molecule has 0 spiro atoms. The Hall–Kier alpha value is -2.47. The van der Waals surface area contributed by atoms with E-state index < -0.39 is 5.60 Å². The lowest BCUT2D eigenvalue weighted by atomic mass is 9.92. The van der Waals surface area contributed by atoms with Crippen molar-refractivity contribution in [2.75, 3.05) is 0 Å². The Kier molecular flexibility index (Phi) is 7.08. The van der Waals surface area contributed by atoms with Gasteiger partial charge in [-0.2, -0.15) is 0 Å². The molecule has 5 nitrogen and oxygen atoms in total. The topological polar surface area (TPSA) is 71.2 Å². The van der Waals surface area contributed by atoms with Crippen LogP contribution in [-0.4, -0.2) is 21.3 Å². The predicted octanol–water partition coefficient (Wildman–Crippen LogP) is 5.35. The molecule has 0 fully saturated rings. The highest BCUT2D eigenvalue weighted by atomic mass is 35.5. The number of nitrogens with one attached hydrogen (secondary N) is 1. The van der Waals surface area contributed by atoms with Crippen molar-refractivity contribution in [1.29, 1.82) is 0 Å². The molecule has 0 radical (unpaired) electrons. The number of aliphatic hydroxyl groups is 1. The lowest BCUT2D eigenvalue weighted by molar-refractivity contribution is 0.0382. The number of pyridine rings is 1. The lowest BCUT2D eigenvalue weighted by Crippen LogP contribution is -2.27. The molecule has 6 heteroatoms. The van der Waals surface area contributed by atoms with Gasteiger partial charge in [0, 0.05) is 35.8 Å². The Morgan fingerprint density at radius 3 is 2.83 bits per heavy atom. The van der Waals surface area contributed by atoms with E-state index in [1.165, 1.54) is 10.9 Å². The van der Waals surface area contributed by atoms with Crippen LogP contribution in [0.4, 0.5) is 0 Å². The largest absolute Gasteiger partial charge is 0.384 e. The van der Waals surface area contributed by atoms with E-state index in [4.69, 9.17) is 4.52 Å². The predicted molar refractivity (Wildman–Crippen MR) is 123 cm³/mol. The molecular formula is C24H28ClN3O2. The molecule has 4 aromatic rings. The summed E-state index contributed by atoms with van der Waals surface area (Å²) in [7, 11) is 0. The fourth-order valence-corrected chi connectivity index (χ4v) is 3.78. The Bertz CT molecular complexity index is 1110. The summed E-state index contributed by atoms with van der Waals surface area (Å²) in [5.74, 6) is 0. The van der Waals surface area contributed by atoms with Gasteiger partial charge in [0.15, 0.2) is 5.58 Å². The molecule has 0 aliphatic heterocycles. The van der Waals surface area contributed by atoms with E-state index in [1.807, 2.05) is 49.6 Å². The molecule has 2 aromatic heterocycles. The number of aromatic nitrogens is 2. The van der Waals surface area contributed by atoms with Gasteiger partial charge in [-0.25, -0.2) is 0 Å². The smallest absolute Gasteiger partial charge is 0.167 e. The normalized spacial score (nSPS) is 14.4. The zero-order chi connectivity index (χ0) is 20.3. The van der Waals surface area contributed by atoms with Gasteiger partial charge in [0.25, 0.3) is 0 Å². The van der Waals surface area contributed by atoms with Crippen molar-refractivity contribution in [3.05, 3.63) is 72.2 Å². The molecule has 0 saturated carbocycles. The van der Waals surface area contributed by atoms with Crippen molar-refractivity contribution >= 4 is 34.1 Å². The molecule has 0 aliphatic rings. The minimum atomic E-state index is -1.00. The van der Waals surface area contributed by atoms with Gasteiger partial charge >= 0.3 is 0 Å². The maximum absolute atomic E-state index is 10.9. The minimum Gasteiger partial charge on any atom is -0.384 e. The number of para-hydroxylation sites is 1. The van der Waals surface area contributed by atoms with Gasteiger partial charge in [-0.05, 0) is 68.3 Å². The quantitative estimate of drug-likeness (QED) is 0.398. The third-order valence-electron chi connectivity index (χ3n) is 5.55. The zero-order valence-electron chi connectivity index (χ0n) is 17.3. The summed E-state index contributed by atoms with van der Waals surface area (Å²) in [6.07, 6.45) is 6.22. The van der Waals surface area contributed by atoms with Crippen LogP contribution in [0, 0.1) is 0 Å². The molecule has 2 atom stereocenters. The zero-order valence-corrected chi connectivity index (χ0v) is 18.2. The molecule has 2 N–H and O–H groups in total. The second-order valence-electron chi connectivity index (χ2n) is 8.03. The van der Waals surface area contributed by atoms with E-state index in [1.54, 1.807) is 0 Å². The van der Waals surface area contributed by atoms with Crippen molar-refractivity contribution in [2.24, 2.45) is 0 Å². The minimum absolute atomic E-state index is 0. The van der Waals surface area contributed by atoms with Gasteiger partial charge < -0.3 is 14.9 Å². The third-order valence-corrected chi connectivity index (χ3v) is 5.55. The molecule has 0 aliphatic carbocycles. The lowest BCUT2D eigenvalue weighted by Gasteiger charge is -2.22. The highest BCUT2D eigenvalue weighted by Gasteiger charge is 2.29. The maximum atomic E-state index is 10.9.